The molecule has 0 amide bonds. The van der Waals surface area contributed by atoms with Crippen molar-refractivity contribution in [1.82, 2.24) is 0 Å². The highest BCUT2D eigenvalue weighted by Crippen LogP contribution is 2.32. The lowest BCUT2D eigenvalue weighted by atomic mass is 9.90. The van der Waals surface area contributed by atoms with Gasteiger partial charge in [-0.05, 0) is 36.5 Å². The van der Waals surface area contributed by atoms with E-state index < -0.39 is 5.82 Å². The molecule has 1 aromatic rings. The number of benzene rings is 1. The van der Waals surface area contributed by atoms with Gasteiger partial charge in [0.05, 0.1) is 5.02 Å². The second-order valence-electron chi connectivity index (χ2n) is 4.91. The largest absolute Gasteiger partial charge is 0.299 e. The van der Waals surface area contributed by atoms with E-state index in [1.807, 2.05) is 0 Å². The molecule has 0 aliphatic heterocycles. The average molecular weight is 255 g/mol. The minimum atomic E-state index is -0.448. The summed E-state index contributed by atoms with van der Waals surface area (Å²) in [7, 11) is 0. The third-order valence-corrected chi connectivity index (χ3v) is 3.94. The monoisotopic (exact) mass is 254 g/mol. The van der Waals surface area contributed by atoms with E-state index in [1.165, 1.54) is 12.1 Å². The van der Waals surface area contributed by atoms with Crippen LogP contribution in [-0.4, -0.2) is 5.78 Å². The fourth-order valence-electron chi connectivity index (χ4n) is 2.61. The van der Waals surface area contributed by atoms with Crippen molar-refractivity contribution in [2.45, 2.75) is 32.6 Å². The van der Waals surface area contributed by atoms with E-state index in [2.05, 4.69) is 6.92 Å². The summed E-state index contributed by atoms with van der Waals surface area (Å²) in [6.07, 6.45) is 3.57. The van der Waals surface area contributed by atoms with Gasteiger partial charge in [-0.25, -0.2) is 4.39 Å². The van der Waals surface area contributed by atoms with Crippen LogP contribution in [0.1, 0.15) is 31.7 Å². The molecule has 0 radical (unpaired) electrons. The lowest BCUT2D eigenvalue weighted by Crippen LogP contribution is -2.19. The van der Waals surface area contributed by atoms with E-state index in [1.54, 1.807) is 6.07 Å². The Morgan fingerprint density at radius 1 is 1.47 bits per heavy atom. The number of rotatable bonds is 3. The molecule has 1 aliphatic rings. The normalized spacial score (nSPS) is 23.9. The van der Waals surface area contributed by atoms with Crippen molar-refractivity contribution in [3.63, 3.8) is 0 Å². The first-order valence-electron chi connectivity index (χ1n) is 6.04. The summed E-state index contributed by atoms with van der Waals surface area (Å²) in [6, 6.07) is 4.60. The van der Waals surface area contributed by atoms with Crippen LogP contribution in [0.3, 0.4) is 0 Å². The van der Waals surface area contributed by atoms with E-state index >= 15 is 0 Å². The molecule has 1 aromatic carbocycles. The first-order chi connectivity index (χ1) is 8.08. The maximum absolute atomic E-state index is 13.2. The molecular weight excluding hydrogens is 239 g/mol. The van der Waals surface area contributed by atoms with Crippen LogP contribution < -0.4 is 0 Å². The first-order valence-corrected chi connectivity index (χ1v) is 6.42. The molecule has 0 saturated heterocycles. The molecule has 0 aromatic heterocycles. The van der Waals surface area contributed by atoms with Gasteiger partial charge in [0.25, 0.3) is 0 Å². The van der Waals surface area contributed by atoms with Crippen molar-refractivity contribution in [3.05, 3.63) is 34.6 Å². The minimum absolute atomic E-state index is 0.107. The smallest absolute Gasteiger partial charge is 0.142 e. The standard InChI is InChI=1S/C14H16ClFO/c1-9-3-2-4-11(9)14(17)8-10-5-6-12(15)13(16)7-10/h5-7,9,11H,2-4,8H2,1H3. The Kier molecular flexibility index (Phi) is 3.82. The van der Waals surface area contributed by atoms with Gasteiger partial charge in [0.15, 0.2) is 0 Å². The molecule has 1 aliphatic carbocycles. The summed E-state index contributed by atoms with van der Waals surface area (Å²) in [6.45, 7) is 2.12. The number of hydrogen-bond acceptors (Lipinski definition) is 1. The van der Waals surface area contributed by atoms with E-state index in [4.69, 9.17) is 11.6 Å². The molecule has 0 spiro atoms. The number of carbonyl (C=O) groups excluding carboxylic acids is 1. The molecule has 17 heavy (non-hydrogen) atoms. The van der Waals surface area contributed by atoms with Gasteiger partial charge in [-0.3, -0.25) is 4.79 Å². The van der Waals surface area contributed by atoms with Crippen molar-refractivity contribution in [3.8, 4) is 0 Å². The molecule has 0 N–H and O–H groups in total. The predicted molar refractivity (Wildman–Crippen MR) is 66.6 cm³/mol. The van der Waals surface area contributed by atoms with Crippen LogP contribution in [0, 0.1) is 17.7 Å². The minimum Gasteiger partial charge on any atom is -0.299 e. The summed E-state index contributed by atoms with van der Waals surface area (Å²) in [5, 5.41) is 0.107. The van der Waals surface area contributed by atoms with Gasteiger partial charge in [-0.1, -0.05) is 31.0 Å². The highest BCUT2D eigenvalue weighted by Gasteiger charge is 2.29. The predicted octanol–water partition coefficient (Wildman–Crippen LogP) is 4.03. The van der Waals surface area contributed by atoms with Crippen LogP contribution in [0.15, 0.2) is 18.2 Å². The van der Waals surface area contributed by atoms with Crippen LogP contribution in [-0.2, 0) is 11.2 Å². The molecule has 1 fully saturated rings. The number of Topliss-reactive ketones (excluding diaryl/α,β-unsaturated/α-hetero) is 1. The second kappa shape index (κ2) is 5.18. The van der Waals surface area contributed by atoms with Gasteiger partial charge in [-0.15, -0.1) is 0 Å². The van der Waals surface area contributed by atoms with Crippen LogP contribution in [0.5, 0.6) is 0 Å². The molecule has 92 valence electrons. The van der Waals surface area contributed by atoms with Crippen LogP contribution in [0.4, 0.5) is 4.39 Å². The maximum Gasteiger partial charge on any atom is 0.142 e. The summed E-state index contributed by atoms with van der Waals surface area (Å²) in [4.78, 5) is 12.1. The van der Waals surface area contributed by atoms with E-state index in [-0.39, 0.29) is 16.7 Å². The van der Waals surface area contributed by atoms with Gasteiger partial charge in [0.1, 0.15) is 11.6 Å². The highest BCUT2D eigenvalue weighted by atomic mass is 35.5. The molecular formula is C14H16ClFO. The average Bonchev–Trinajstić information content (AvgIpc) is 2.70. The van der Waals surface area contributed by atoms with Crippen LogP contribution in [0.2, 0.25) is 5.02 Å². The third-order valence-electron chi connectivity index (χ3n) is 3.64. The Bertz CT molecular complexity index is 430. The number of hydrogen-bond donors (Lipinski definition) is 0. The molecule has 2 atom stereocenters. The van der Waals surface area contributed by atoms with Crippen LogP contribution in [0.25, 0.3) is 0 Å². The lowest BCUT2D eigenvalue weighted by Gasteiger charge is -2.13. The fraction of sp³-hybridized carbons (Fsp3) is 0.500. The molecule has 0 heterocycles. The van der Waals surface area contributed by atoms with Crippen molar-refractivity contribution >= 4 is 17.4 Å². The number of halogens is 2. The molecule has 2 unspecified atom stereocenters. The Morgan fingerprint density at radius 2 is 2.24 bits per heavy atom. The second-order valence-corrected chi connectivity index (χ2v) is 5.31. The quantitative estimate of drug-likeness (QED) is 0.796. The van der Waals surface area contributed by atoms with E-state index in [9.17, 15) is 9.18 Å². The summed E-state index contributed by atoms with van der Waals surface area (Å²) in [5.41, 5.74) is 0.719. The van der Waals surface area contributed by atoms with Crippen molar-refractivity contribution < 1.29 is 9.18 Å². The Morgan fingerprint density at radius 3 is 2.82 bits per heavy atom. The summed E-state index contributed by atoms with van der Waals surface area (Å²) < 4.78 is 13.2. The van der Waals surface area contributed by atoms with E-state index in [0.29, 0.717) is 12.3 Å². The van der Waals surface area contributed by atoms with Gasteiger partial charge in [0.2, 0.25) is 0 Å². The topological polar surface area (TPSA) is 17.1 Å². The number of carbonyl (C=O) groups is 1. The molecule has 3 heteroatoms. The Hall–Kier alpha value is -0.890. The van der Waals surface area contributed by atoms with Gasteiger partial charge < -0.3 is 0 Å². The first kappa shape index (κ1) is 12.6. The van der Waals surface area contributed by atoms with E-state index in [0.717, 1.165) is 24.8 Å². The van der Waals surface area contributed by atoms with Crippen molar-refractivity contribution in [1.29, 1.82) is 0 Å². The molecule has 2 rings (SSSR count). The molecule has 1 saturated carbocycles. The zero-order valence-corrected chi connectivity index (χ0v) is 10.6. The zero-order valence-electron chi connectivity index (χ0n) is 9.88. The van der Waals surface area contributed by atoms with Crippen molar-refractivity contribution in [2.75, 3.05) is 0 Å². The van der Waals surface area contributed by atoms with Crippen molar-refractivity contribution in [2.24, 2.45) is 11.8 Å². The molecule has 0 bridgehead atoms. The number of ketones is 1. The Balaban J connectivity index is 2.05. The highest BCUT2D eigenvalue weighted by molar-refractivity contribution is 6.30. The summed E-state index contributed by atoms with van der Waals surface area (Å²) >= 11 is 5.61. The fourth-order valence-corrected chi connectivity index (χ4v) is 2.72. The molecule has 1 nitrogen and oxygen atoms in total. The lowest BCUT2D eigenvalue weighted by molar-refractivity contribution is -0.123. The summed E-state index contributed by atoms with van der Waals surface area (Å²) in [5.74, 6) is 0.418. The maximum atomic E-state index is 13.2. The van der Waals surface area contributed by atoms with Crippen LogP contribution >= 0.6 is 11.6 Å². The van der Waals surface area contributed by atoms with Gasteiger partial charge in [-0.2, -0.15) is 0 Å². The SMILES string of the molecule is CC1CCCC1C(=O)Cc1ccc(Cl)c(F)c1. The van der Waals surface area contributed by atoms with Gasteiger partial charge >= 0.3 is 0 Å². The van der Waals surface area contributed by atoms with Gasteiger partial charge in [0, 0.05) is 12.3 Å². The Labute approximate surface area is 106 Å². The third kappa shape index (κ3) is 2.86. The zero-order chi connectivity index (χ0) is 12.4.